The molecule has 220 valence electrons. The Morgan fingerprint density at radius 3 is 2.36 bits per heavy atom. The van der Waals surface area contributed by atoms with E-state index in [-0.39, 0.29) is 43.2 Å². The van der Waals surface area contributed by atoms with E-state index < -0.39 is 64.9 Å². The smallest absolute Gasteiger partial charge is 0.331 e. The molecule has 0 unspecified atom stereocenters. The molecule has 1 saturated heterocycles. The molecule has 6 aliphatic rings. The molecule has 0 aromatic rings. The maximum absolute atomic E-state index is 12.4. The molecule has 4 saturated carbocycles. The Morgan fingerprint density at radius 2 is 1.67 bits per heavy atom. The van der Waals surface area contributed by atoms with Crippen LogP contribution < -0.4 is 0 Å². The normalized spacial score (nSPS) is 57.3. The van der Waals surface area contributed by atoms with Gasteiger partial charge in [0.1, 0.15) is 24.9 Å². The molecule has 14 atom stereocenters. The van der Waals surface area contributed by atoms with Gasteiger partial charge in [-0.2, -0.15) is 0 Å². The summed E-state index contributed by atoms with van der Waals surface area (Å²) in [6.07, 6.45) is -1.71. The van der Waals surface area contributed by atoms with Gasteiger partial charge in [-0.25, -0.2) is 4.79 Å². The van der Waals surface area contributed by atoms with Gasteiger partial charge in [0, 0.05) is 29.7 Å². The maximum atomic E-state index is 12.4. The van der Waals surface area contributed by atoms with Gasteiger partial charge in [0.2, 0.25) is 0 Å². The number of carbonyl (C=O) groups is 1. The van der Waals surface area contributed by atoms with E-state index in [2.05, 4.69) is 6.92 Å². The van der Waals surface area contributed by atoms with Crippen LogP contribution in [-0.2, 0) is 19.0 Å². The van der Waals surface area contributed by atoms with Crippen LogP contribution >= 0.6 is 0 Å². The number of cyclic esters (lactones) is 1. The second-order valence-electron chi connectivity index (χ2n) is 13.8. The van der Waals surface area contributed by atoms with Crippen LogP contribution in [0.4, 0.5) is 0 Å². The molecule has 6 rings (SSSR count). The molecule has 2 heterocycles. The maximum Gasteiger partial charge on any atom is 0.331 e. The molecule has 39 heavy (non-hydrogen) atoms. The van der Waals surface area contributed by atoms with Crippen molar-refractivity contribution in [2.24, 2.45) is 28.6 Å². The number of fused-ring (bicyclic) bond motifs is 5. The molecule has 0 spiro atoms. The standard InChI is InChI=1S/C29H44O10/c1-14-22(32)23(33)24(34)25(38-14)39-16-11-20(30)27(3)18-4-7-26(2)17(15-10-21(31)37-13-15)6-9-29(26,36)19(18)5-8-28(27,35)12-16/h10,14,16-20,22-25,30,32-36H,4-9,11-13H2,1-3H3/t14-,16+,17+,18+,19+,20-,22-,23+,24+,25-,26+,27-,28+,29-/m0/s1. The summed E-state index contributed by atoms with van der Waals surface area (Å²) in [6.45, 7) is 5.95. The van der Waals surface area contributed by atoms with Crippen molar-refractivity contribution in [1.29, 1.82) is 0 Å². The van der Waals surface area contributed by atoms with Crippen LogP contribution in [0, 0.1) is 28.6 Å². The summed E-state index contributed by atoms with van der Waals surface area (Å²) < 4.78 is 16.8. The third-order valence-corrected chi connectivity index (χ3v) is 12.3. The second-order valence-corrected chi connectivity index (χ2v) is 13.8. The number of hydrogen-bond donors (Lipinski definition) is 6. The molecule has 0 bridgehead atoms. The van der Waals surface area contributed by atoms with Gasteiger partial charge in [-0.05, 0) is 68.8 Å². The van der Waals surface area contributed by atoms with Crippen LogP contribution in [-0.4, -0.2) is 97.3 Å². The van der Waals surface area contributed by atoms with Gasteiger partial charge in [0.25, 0.3) is 0 Å². The van der Waals surface area contributed by atoms with E-state index >= 15 is 0 Å². The van der Waals surface area contributed by atoms with Gasteiger partial charge in [0.05, 0.1) is 29.5 Å². The molecule has 2 aliphatic heterocycles. The van der Waals surface area contributed by atoms with Gasteiger partial charge in [-0.3, -0.25) is 0 Å². The second kappa shape index (κ2) is 9.19. The van der Waals surface area contributed by atoms with E-state index in [4.69, 9.17) is 14.2 Å². The lowest BCUT2D eigenvalue weighted by Crippen LogP contribution is -2.71. The number of esters is 1. The first-order valence-corrected chi connectivity index (χ1v) is 14.6. The minimum Gasteiger partial charge on any atom is -0.458 e. The lowest BCUT2D eigenvalue weighted by molar-refractivity contribution is -0.329. The van der Waals surface area contributed by atoms with E-state index in [1.54, 1.807) is 13.0 Å². The van der Waals surface area contributed by atoms with Crippen LogP contribution in [0.5, 0.6) is 0 Å². The van der Waals surface area contributed by atoms with E-state index in [0.29, 0.717) is 19.3 Å². The summed E-state index contributed by atoms with van der Waals surface area (Å²) in [5.41, 5.74) is -2.55. The van der Waals surface area contributed by atoms with Crippen molar-refractivity contribution < 1.29 is 49.6 Å². The number of aliphatic hydroxyl groups excluding tert-OH is 4. The van der Waals surface area contributed by atoms with E-state index in [0.717, 1.165) is 24.8 Å². The highest BCUT2D eigenvalue weighted by atomic mass is 16.7. The summed E-state index contributed by atoms with van der Waals surface area (Å²) in [6, 6.07) is 0. The number of ether oxygens (including phenoxy) is 3. The average Bonchev–Trinajstić information content (AvgIpc) is 3.42. The van der Waals surface area contributed by atoms with Crippen molar-refractivity contribution in [2.75, 3.05) is 6.61 Å². The van der Waals surface area contributed by atoms with E-state index in [1.807, 2.05) is 6.92 Å². The topological polar surface area (TPSA) is 166 Å². The Morgan fingerprint density at radius 1 is 0.949 bits per heavy atom. The van der Waals surface area contributed by atoms with Gasteiger partial charge < -0.3 is 44.8 Å². The van der Waals surface area contributed by atoms with Gasteiger partial charge >= 0.3 is 5.97 Å². The molecule has 0 aromatic carbocycles. The van der Waals surface area contributed by atoms with Crippen molar-refractivity contribution in [1.82, 2.24) is 0 Å². The third-order valence-electron chi connectivity index (χ3n) is 12.3. The Kier molecular flexibility index (Phi) is 6.61. The fourth-order valence-corrected chi connectivity index (χ4v) is 9.86. The number of carbonyl (C=O) groups excluding carboxylic acids is 1. The Labute approximate surface area is 229 Å². The molecule has 0 radical (unpaired) electrons. The minimum absolute atomic E-state index is 0.0655. The van der Waals surface area contributed by atoms with Crippen molar-refractivity contribution in [3.63, 3.8) is 0 Å². The third kappa shape index (κ3) is 3.79. The van der Waals surface area contributed by atoms with Crippen LogP contribution in [0.1, 0.15) is 72.1 Å². The van der Waals surface area contributed by atoms with Crippen LogP contribution in [0.25, 0.3) is 0 Å². The zero-order chi connectivity index (χ0) is 28.1. The van der Waals surface area contributed by atoms with Gasteiger partial charge in [0.15, 0.2) is 6.29 Å². The highest BCUT2D eigenvalue weighted by Gasteiger charge is 2.72. The number of aliphatic hydroxyl groups is 6. The number of rotatable bonds is 3. The highest BCUT2D eigenvalue weighted by Crippen LogP contribution is 2.70. The van der Waals surface area contributed by atoms with Crippen molar-refractivity contribution in [2.45, 2.75) is 126 Å². The van der Waals surface area contributed by atoms with Gasteiger partial charge in [-0.15, -0.1) is 0 Å². The summed E-state index contributed by atoms with van der Waals surface area (Å²) in [7, 11) is 0. The first-order valence-electron chi connectivity index (χ1n) is 14.6. The summed E-state index contributed by atoms with van der Waals surface area (Å²) in [5, 5.41) is 66.8. The van der Waals surface area contributed by atoms with E-state index in [9.17, 15) is 35.4 Å². The fourth-order valence-electron chi connectivity index (χ4n) is 9.86. The van der Waals surface area contributed by atoms with Gasteiger partial charge in [-0.1, -0.05) is 13.8 Å². The predicted octanol–water partition coefficient (Wildman–Crippen LogP) is 0.542. The summed E-state index contributed by atoms with van der Waals surface area (Å²) in [5.74, 6) is -0.455. The molecular formula is C29H44O10. The van der Waals surface area contributed by atoms with Crippen molar-refractivity contribution in [3.05, 3.63) is 11.6 Å². The first kappa shape index (κ1) is 28.0. The summed E-state index contributed by atoms with van der Waals surface area (Å²) >= 11 is 0. The first-order chi connectivity index (χ1) is 18.2. The molecule has 10 heteroatoms. The lowest BCUT2D eigenvalue weighted by Gasteiger charge is -2.67. The molecule has 6 N–H and O–H groups in total. The monoisotopic (exact) mass is 552 g/mol. The van der Waals surface area contributed by atoms with Crippen molar-refractivity contribution in [3.8, 4) is 0 Å². The molecule has 10 nitrogen and oxygen atoms in total. The molecule has 0 aromatic heterocycles. The lowest BCUT2D eigenvalue weighted by atomic mass is 9.41. The largest absolute Gasteiger partial charge is 0.458 e. The van der Waals surface area contributed by atoms with Crippen LogP contribution in [0.2, 0.25) is 0 Å². The summed E-state index contributed by atoms with van der Waals surface area (Å²) in [4.78, 5) is 11.8. The Bertz CT molecular complexity index is 1030. The molecule has 4 aliphatic carbocycles. The molecular weight excluding hydrogens is 508 g/mol. The zero-order valence-electron chi connectivity index (χ0n) is 23.0. The molecule has 0 amide bonds. The Hall–Kier alpha value is -1.11. The minimum atomic E-state index is -1.46. The predicted molar refractivity (Wildman–Crippen MR) is 136 cm³/mol. The quantitative estimate of drug-likeness (QED) is 0.215. The SMILES string of the molecule is C[C@@H]1O[C@@H](O[C@@H]2C[C@H](O)[C@]3(C)[C@@H]4CC[C@]5(C)[C@@H](C6=CC(=O)OC6)CC[C@]5(O)[C@@H]4CC[C@@]3(O)C2)[C@H](O)[C@H](O)[C@H]1O. The average molecular weight is 553 g/mol. The zero-order valence-corrected chi connectivity index (χ0v) is 23.0. The molecule has 5 fully saturated rings. The van der Waals surface area contributed by atoms with Crippen LogP contribution in [0.15, 0.2) is 11.6 Å². The fraction of sp³-hybridized carbons (Fsp3) is 0.897. The van der Waals surface area contributed by atoms with Crippen LogP contribution in [0.3, 0.4) is 0 Å². The number of hydrogen-bond acceptors (Lipinski definition) is 10. The van der Waals surface area contributed by atoms with Crippen molar-refractivity contribution >= 4 is 5.97 Å². The van der Waals surface area contributed by atoms with E-state index in [1.165, 1.54) is 0 Å². The highest BCUT2D eigenvalue weighted by molar-refractivity contribution is 5.85. The Balaban J connectivity index is 1.23.